The third-order valence-electron chi connectivity index (χ3n) is 3.32. The van der Waals surface area contributed by atoms with Crippen molar-refractivity contribution in [3.05, 3.63) is 72.1 Å². The molecule has 0 fully saturated rings. The lowest BCUT2D eigenvalue weighted by atomic mass is 10.2. The van der Waals surface area contributed by atoms with Gasteiger partial charge in [0, 0.05) is 18.9 Å². The zero-order valence-electron chi connectivity index (χ0n) is 12.4. The van der Waals surface area contributed by atoms with E-state index in [2.05, 4.69) is 20.4 Å². The van der Waals surface area contributed by atoms with Crippen LogP contribution in [0, 0.1) is 0 Å². The molecular formula is C16H16N6O. The topological polar surface area (TPSA) is 98.7 Å². The minimum atomic E-state index is -0.226. The van der Waals surface area contributed by atoms with Crippen LogP contribution >= 0.6 is 0 Å². The van der Waals surface area contributed by atoms with Crippen LogP contribution in [0.3, 0.4) is 0 Å². The Hall–Kier alpha value is -3.06. The van der Waals surface area contributed by atoms with Gasteiger partial charge in [0.2, 0.25) is 0 Å². The fraction of sp³-hybridized carbons (Fsp3) is 0.125. The van der Waals surface area contributed by atoms with Crippen molar-refractivity contribution in [2.45, 2.75) is 13.1 Å². The molecule has 3 rings (SSSR count). The number of rotatable bonds is 5. The molecule has 0 unspecified atom stereocenters. The zero-order chi connectivity index (χ0) is 16.1. The SMILES string of the molecule is NCc1cncc(C(=O)NCc2ncnn2-c2ccccc2)c1. The maximum absolute atomic E-state index is 12.2. The van der Waals surface area contributed by atoms with Crippen molar-refractivity contribution in [1.29, 1.82) is 0 Å². The number of benzene rings is 1. The largest absolute Gasteiger partial charge is 0.345 e. The number of hydrogen-bond donors (Lipinski definition) is 2. The van der Waals surface area contributed by atoms with Gasteiger partial charge in [0.05, 0.1) is 17.8 Å². The Labute approximate surface area is 133 Å². The Morgan fingerprint density at radius 2 is 2.04 bits per heavy atom. The highest BCUT2D eigenvalue weighted by atomic mass is 16.1. The van der Waals surface area contributed by atoms with E-state index in [1.165, 1.54) is 12.5 Å². The molecule has 0 saturated heterocycles. The summed E-state index contributed by atoms with van der Waals surface area (Å²) >= 11 is 0. The quantitative estimate of drug-likeness (QED) is 0.734. The average molecular weight is 308 g/mol. The fourth-order valence-electron chi connectivity index (χ4n) is 2.16. The molecule has 0 atom stereocenters. The highest BCUT2D eigenvalue weighted by molar-refractivity contribution is 5.93. The average Bonchev–Trinajstić information content (AvgIpc) is 3.09. The minimum absolute atomic E-state index is 0.226. The second-order valence-electron chi connectivity index (χ2n) is 4.89. The molecule has 0 radical (unpaired) electrons. The first kappa shape index (κ1) is 14.9. The minimum Gasteiger partial charge on any atom is -0.345 e. The van der Waals surface area contributed by atoms with Crippen LogP contribution < -0.4 is 11.1 Å². The molecule has 0 spiro atoms. The third-order valence-corrected chi connectivity index (χ3v) is 3.32. The molecule has 1 aromatic carbocycles. The smallest absolute Gasteiger partial charge is 0.253 e. The molecule has 0 aliphatic heterocycles. The summed E-state index contributed by atoms with van der Waals surface area (Å²) in [4.78, 5) is 20.4. The number of hydrogen-bond acceptors (Lipinski definition) is 5. The molecule has 7 heteroatoms. The summed E-state index contributed by atoms with van der Waals surface area (Å²) in [6.07, 6.45) is 4.62. The van der Waals surface area contributed by atoms with Gasteiger partial charge in [0.15, 0.2) is 5.82 Å². The van der Waals surface area contributed by atoms with Gasteiger partial charge in [-0.1, -0.05) is 18.2 Å². The van der Waals surface area contributed by atoms with Crippen LogP contribution in [0.15, 0.2) is 55.1 Å². The van der Waals surface area contributed by atoms with Crippen LogP contribution in [0.5, 0.6) is 0 Å². The van der Waals surface area contributed by atoms with Gasteiger partial charge in [-0.25, -0.2) is 9.67 Å². The Balaban J connectivity index is 1.72. The number of nitrogens with two attached hydrogens (primary N) is 1. The van der Waals surface area contributed by atoms with Gasteiger partial charge in [-0.15, -0.1) is 0 Å². The van der Waals surface area contributed by atoms with Gasteiger partial charge in [-0.2, -0.15) is 5.10 Å². The van der Waals surface area contributed by atoms with Crippen LogP contribution in [0.4, 0.5) is 0 Å². The van der Waals surface area contributed by atoms with Gasteiger partial charge in [-0.05, 0) is 23.8 Å². The van der Waals surface area contributed by atoms with Crippen LogP contribution in [-0.2, 0) is 13.1 Å². The number of carbonyl (C=O) groups excluding carboxylic acids is 1. The lowest BCUT2D eigenvalue weighted by Crippen LogP contribution is -2.25. The number of para-hydroxylation sites is 1. The van der Waals surface area contributed by atoms with E-state index in [1.54, 1.807) is 16.9 Å². The maximum Gasteiger partial charge on any atom is 0.253 e. The molecule has 3 N–H and O–H groups in total. The summed E-state index contributed by atoms with van der Waals surface area (Å²) in [5.74, 6) is 0.419. The second-order valence-corrected chi connectivity index (χ2v) is 4.89. The predicted molar refractivity (Wildman–Crippen MR) is 84.7 cm³/mol. The fourth-order valence-corrected chi connectivity index (χ4v) is 2.16. The van der Waals surface area contributed by atoms with Crippen molar-refractivity contribution in [3.8, 4) is 5.69 Å². The normalized spacial score (nSPS) is 10.5. The lowest BCUT2D eigenvalue weighted by molar-refractivity contribution is 0.0949. The molecule has 0 saturated carbocycles. The summed E-state index contributed by atoms with van der Waals surface area (Å²) < 4.78 is 1.69. The molecule has 116 valence electrons. The van der Waals surface area contributed by atoms with Crippen molar-refractivity contribution in [3.63, 3.8) is 0 Å². The van der Waals surface area contributed by atoms with E-state index in [9.17, 15) is 4.79 Å². The van der Waals surface area contributed by atoms with Crippen molar-refractivity contribution in [1.82, 2.24) is 25.1 Å². The van der Waals surface area contributed by atoms with Gasteiger partial charge >= 0.3 is 0 Å². The Kier molecular flexibility index (Phi) is 4.39. The Morgan fingerprint density at radius 3 is 2.83 bits per heavy atom. The molecule has 2 heterocycles. The highest BCUT2D eigenvalue weighted by Gasteiger charge is 2.10. The summed E-state index contributed by atoms with van der Waals surface area (Å²) in [5, 5.41) is 7.01. The van der Waals surface area contributed by atoms with Crippen molar-refractivity contribution in [2.24, 2.45) is 5.73 Å². The molecule has 23 heavy (non-hydrogen) atoms. The summed E-state index contributed by atoms with van der Waals surface area (Å²) in [5.41, 5.74) is 7.73. The van der Waals surface area contributed by atoms with Crippen LogP contribution in [-0.4, -0.2) is 25.7 Å². The first-order valence-electron chi connectivity index (χ1n) is 7.14. The molecular weight excluding hydrogens is 292 g/mol. The first-order chi connectivity index (χ1) is 11.3. The van der Waals surface area contributed by atoms with E-state index in [4.69, 9.17) is 5.73 Å². The van der Waals surface area contributed by atoms with Gasteiger partial charge < -0.3 is 11.1 Å². The van der Waals surface area contributed by atoms with E-state index in [0.29, 0.717) is 17.9 Å². The van der Waals surface area contributed by atoms with E-state index in [1.807, 2.05) is 30.3 Å². The van der Waals surface area contributed by atoms with E-state index >= 15 is 0 Å². The second kappa shape index (κ2) is 6.80. The number of aromatic nitrogens is 4. The molecule has 0 aliphatic rings. The van der Waals surface area contributed by atoms with E-state index in [0.717, 1.165) is 11.3 Å². The number of nitrogens with zero attached hydrogens (tertiary/aromatic N) is 4. The molecule has 0 aliphatic carbocycles. The summed E-state index contributed by atoms with van der Waals surface area (Å²) in [6, 6.07) is 11.3. The van der Waals surface area contributed by atoms with Crippen LogP contribution in [0.2, 0.25) is 0 Å². The monoisotopic (exact) mass is 308 g/mol. The standard InChI is InChI=1S/C16H16N6O/c17-7-12-6-13(9-18-8-12)16(23)19-10-15-20-11-21-22(15)14-4-2-1-3-5-14/h1-6,8-9,11H,7,10,17H2,(H,19,23). The van der Waals surface area contributed by atoms with E-state index in [-0.39, 0.29) is 12.5 Å². The van der Waals surface area contributed by atoms with Crippen molar-refractivity contribution < 1.29 is 4.79 Å². The maximum atomic E-state index is 12.2. The zero-order valence-corrected chi connectivity index (χ0v) is 12.4. The molecule has 1 amide bonds. The molecule has 2 aromatic heterocycles. The third kappa shape index (κ3) is 3.41. The Morgan fingerprint density at radius 1 is 1.22 bits per heavy atom. The highest BCUT2D eigenvalue weighted by Crippen LogP contribution is 2.08. The van der Waals surface area contributed by atoms with Crippen molar-refractivity contribution in [2.75, 3.05) is 0 Å². The number of nitrogens with one attached hydrogen (secondary N) is 1. The molecule has 3 aromatic rings. The van der Waals surface area contributed by atoms with E-state index < -0.39 is 0 Å². The predicted octanol–water partition coefficient (Wildman–Crippen LogP) is 1.05. The number of amides is 1. The number of carbonyl (C=O) groups is 1. The Bertz CT molecular complexity index is 799. The van der Waals surface area contributed by atoms with Gasteiger partial charge in [0.1, 0.15) is 6.33 Å². The summed E-state index contributed by atoms with van der Waals surface area (Å²) in [6.45, 7) is 0.608. The molecule has 0 bridgehead atoms. The number of pyridine rings is 1. The summed E-state index contributed by atoms with van der Waals surface area (Å²) in [7, 11) is 0. The van der Waals surface area contributed by atoms with Crippen LogP contribution in [0.1, 0.15) is 21.7 Å². The first-order valence-corrected chi connectivity index (χ1v) is 7.14. The van der Waals surface area contributed by atoms with Crippen LogP contribution in [0.25, 0.3) is 5.69 Å². The van der Waals surface area contributed by atoms with Crippen molar-refractivity contribution >= 4 is 5.91 Å². The van der Waals surface area contributed by atoms with Gasteiger partial charge in [0.25, 0.3) is 5.91 Å². The lowest BCUT2D eigenvalue weighted by Gasteiger charge is -2.08. The molecule has 7 nitrogen and oxygen atoms in total. The van der Waals surface area contributed by atoms with Gasteiger partial charge in [-0.3, -0.25) is 9.78 Å².